The minimum atomic E-state index is -0.173. The van der Waals surface area contributed by atoms with Gasteiger partial charge >= 0.3 is 0 Å². The summed E-state index contributed by atoms with van der Waals surface area (Å²) < 4.78 is 0. The van der Waals surface area contributed by atoms with E-state index in [1.54, 1.807) is 0 Å². The highest BCUT2D eigenvalue weighted by atomic mass is 16.3. The molecule has 0 aromatic heterocycles. The molecule has 1 saturated heterocycles. The number of rotatable bonds is 2. The van der Waals surface area contributed by atoms with Crippen LogP contribution in [0, 0.1) is 5.92 Å². The van der Waals surface area contributed by atoms with Gasteiger partial charge in [0, 0.05) is 25.4 Å². The molecule has 0 bridgehead atoms. The molecule has 3 heteroatoms. The van der Waals surface area contributed by atoms with Crippen LogP contribution in [0.3, 0.4) is 0 Å². The molecule has 2 unspecified atom stereocenters. The highest BCUT2D eigenvalue weighted by Crippen LogP contribution is 2.26. The molecular weight excluding hydrogens is 190 g/mol. The minimum absolute atomic E-state index is 0.173. The summed E-state index contributed by atoms with van der Waals surface area (Å²) in [5.41, 5.74) is 0. The number of nitrogens with zero attached hydrogens (tertiary/aromatic N) is 1. The number of likely N-dealkylation sites (tertiary alicyclic amines) is 1. The van der Waals surface area contributed by atoms with E-state index in [0.29, 0.717) is 18.2 Å². The van der Waals surface area contributed by atoms with Crippen LogP contribution in [0.2, 0.25) is 0 Å². The van der Waals surface area contributed by atoms with Crippen molar-refractivity contribution in [1.82, 2.24) is 4.90 Å². The molecular formula is C12H21NO2. The molecule has 86 valence electrons. The van der Waals surface area contributed by atoms with E-state index in [9.17, 15) is 9.90 Å². The monoisotopic (exact) mass is 211 g/mol. The topological polar surface area (TPSA) is 40.5 Å². The number of hydrogen-bond donors (Lipinski definition) is 1. The lowest BCUT2D eigenvalue weighted by Crippen LogP contribution is -2.42. The van der Waals surface area contributed by atoms with Gasteiger partial charge in [0.1, 0.15) is 0 Å². The molecule has 0 aromatic carbocycles. The first-order valence-electron chi connectivity index (χ1n) is 6.23. The van der Waals surface area contributed by atoms with Gasteiger partial charge in [0.15, 0.2) is 0 Å². The quantitative estimate of drug-likeness (QED) is 0.753. The van der Waals surface area contributed by atoms with Crippen LogP contribution in [0.15, 0.2) is 0 Å². The summed E-state index contributed by atoms with van der Waals surface area (Å²) in [6.45, 7) is 1.70. The van der Waals surface area contributed by atoms with Crippen LogP contribution < -0.4 is 0 Å². The molecule has 2 rings (SSSR count). The molecule has 1 amide bonds. The lowest BCUT2D eigenvalue weighted by molar-refractivity contribution is -0.134. The van der Waals surface area contributed by atoms with Gasteiger partial charge in [0.2, 0.25) is 5.91 Å². The Bertz CT molecular complexity index is 230. The zero-order valence-corrected chi connectivity index (χ0v) is 9.32. The predicted octanol–water partition coefficient (Wildman–Crippen LogP) is 1.55. The van der Waals surface area contributed by atoms with Crippen LogP contribution in [0.25, 0.3) is 0 Å². The van der Waals surface area contributed by atoms with Crippen molar-refractivity contribution in [3.63, 3.8) is 0 Å². The summed E-state index contributed by atoms with van der Waals surface area (Å²) in [7, 11) is 0. The van der Waals surface area contributed by atoms with E-state index in [2.05, 4.69) is 0 Å². The maximum atomic E-state index is 11.6. The Labute approximate surface area is 91.5 Å². The summed E-state index contributed by atoms with van der Waals surface area (Å²) in [6.07, 6.45) is 7.08. The van der Waals surface area contributed by atoms with Crippen molar-refractivity contribution < 1.29 is 9.90 Å². The van der Waals surface area contributed by atoms with Crippen molar-refractivity contribution in [3.8, 4) is 0 Å². The van der Waals surface area contributed by atoms with E-state index in [4.69, 9.17) is 0 Å². The smallest absolute Gasteiger partial charge is 0.222 e. The molecule has 1 aliphatic carbocycles. The second-order valence-corrected chi connectivity index (χ2v) is 4.91. The maximum Gasteiger partial charge on any atom is 0.222 e. The number of hydrogen-bond acceptors (Lipinski definition) is 2. The average Bonchev–Trinajstić information content (AvgIpc) is 2.24. The van der Waals surface area contributed by atoms with Gasteiger partial charge in [-0.2, -0.15) is 0 Å². The summed E-state index contributed by atoms with van der Waals surface area (Å²) in [5, 5.41) is 9.85. The fraction of sp³-hybridized carbons (Fsp3) is 0.917. The fourth-order valence-electron chi connectivity index (χ4n) is 2.74. The summed E-state index contributed by atoms with van der Waals surface area (Å²) >= 11 is 0. The number of aliphatic hydroxyl groups is 1. The van der Waals surface area contributed by atoms with Crippen LogP contribution >= 0.6 is 0 Å². The Balaban J connectivity index is 1.86. The Morgan fingerprint density at radius 1 is 1.20 bits per heavy atom. The molecule has 1 N–H and O–H groups in total. The first-order valence-corrected chi connectivity index (χ1v) is 6.23. The van der Waals surface area contributed by atoms with Gasteiger partial charge < -0.3 is 10.0 Å². The highest BCUT2D eigenvalue weighted by molar-refractivity contribution is 5.76. The Morgan fingerprint density at radius 2 is 2.00 bits per heavy atom. The van der Waals surface area contributed by atoms with Crippen molar-refractivity contribution >= 4 is 5.91 Å². The Hall–Kier alpha value is -0.570. The summed E-state index contributed by atoms with van der Waals surface area (Å²) in [6, 6.07) is 0. The van der Waals surface area contributed by atoms with Gasteiger partial charge in [0.25, 0.3) is 0 Å². The molecule has 1 heterocycles. The second kappa shape index (κ2) is 4.97. The fourth-order valence-corrected chi connectivity index (χ4v) is 2.74. The van der Waals surface area contributed by atoms with Crippen LogP contribution in [-0.2, 0) is 4.79 Å². The number of piperidine rings is 1. The standard InChI is InChI=1S/C12H21NO2/c14-11-6-2-1-5-10(11)9-13-8-4-3-7-12(13)15/h10-11,14H,1-9H2. The number of carbonyl (C=O) groups excluding carboxylic acids is 1. The minimum Gasteiger partial charge on any atom is -0.393 e. The third-order valence-corrected chi connectivity index (χ3v) is 3.75. The largest absolute Gasteiger partial charge is 0.393 e. The molecule has 0 spiro atoms. The number of aliphatic hydroxyl groups excluding tert-OH is 1. The first-order chi connectivity index (χ1) is 7.27. The molecule has 15 heavy (non-hydrogen) atoms. The van der Waals surface area contributed by atoms with Crippen molar-refractivity contribution in [1.29, 1.82) is 0 Å². The molecule has 1 aliphatic heterocycles. The van der Waals surface area contributed by atoms with Crippen molar-refractivity contribution in [2.24, 2.45) is 5.92 Å². The van der Waals surface area contributed by atoms with E-state index in [1.807, 2.05) is 4.90 Å². The average molecular weight is 211 g/mol. The van der Waals surface area contributed by atoms with Crippen LogP contribution in [-0.4, -0.2) is 35.1 Å². The van der Waals surface area contributed by atoms with E-state index in [-0.39, 0.29) is 6.10 Å². The number of carbonyl (C=O) groups is 1. The highest BCUT2D eigenvalue weighted by Gasteiger charge is 2.27. The lowest BCUT2D eigenvalue weighted by atomic mass is 9.86. The lowest BCUT2D eigenvalue weighted by Gasteiger charge is -2.34. The Morgan fingerprint density at radius 3 is 2.73 bits per heavy atom. The van der Waals surface area contributed by atoms with Gasteiger partial charge in [-0.25, -0.2) is 0 Å². The van der Waals surface area contributed by atoms with Gasteiger partial charge in [-0.1, -0.05) is 12.8 Å². The van der Waals surface area contributed by atoms with Crippen molar-refractivity contribution in [2.45, 2.75) is 51.0 Å². The Kier molecular flexibility index (Phi) is 3.62. The van der Waals surface area contributed by atoms with E-state index in [0.717, 1.165) is 45.2 Å². The molecule has 2 fully saturated rings. The van der Waals surface area contributed by atoms with Crippen LogP contribution in [0.4, 0.5) is 0 Å². The van der Waals surface area contributed by atoms with Crippen LogP contribution in [0.1, 0.15) is 44.9 Å². The molecule has 2 aliphatic rings. The van der Waals surface area contributed by atoms with Crippen molar-refractivity contribution in [3.05, 3.63) is 0 Å². The molecule has 0 radical (unpaired) electrons. The molecule has 1 saturated carbocycles. The zero-order chi connectivity index (χ0) is 10.7. The summed E-state index contributed by atoms with van der Waals surface area (Å²) in [5.74, 6) is 0.625. The molecule has 0 aromatic rings. The third-order valence-electron chi connectivity index (χ3n) is 3.75. The predicted molar refractivity (Wildman–Crippen MR) is 58.4 cm³/mol. The van der Waals surface area contributed by atoms with Gasteiger partial charge in [-0.3, -0.25) is 4.79 Å². The molecule has 2 atom stereocenters. The van der Waals surface area contributed by atoms with Gasteiger partial charge in [-0.15, -0.1) is 0 Å². The SMILES string of the molecule is O=C1CCCCN1CC1CCCCC1O. The molecule has 3 nitrogen and oxygen atoms in total. The van der Waals surface area contributed by atoms with Crippen molar-refractivity contribution in [2.75, 3.05) is 13.1 Å². The van der Waals surface area contributed by atoms with E-state index < -0.39 is 0 Å². The first kappa shape index (κ1) is 10.9. The second-order valence-electron chi connectivity index (χ2n) is 4.91. The van der Waals surface area contributed by atoms with E-state index >= 15 is 0 Å². The zero-order valence-electron chi connectivity index (χ0n) is 9.32. The maximum absolute atomic E-state index is 11.6. The summed E-state index contributed by atoms with van der Waals surface area (Å²) in [4.78, 5) is 13.6. The van der Waals surface area contributed by atoms with Gasteiger partial charge in [0.05, 0.1) is 6.10 Å². The number of amides is 1. The normalized spacial score (nSPS) is 33.1. The van der Waals surface area contributed by atoms with Crippen LogP contribution in [0.5, 0.6) is 0 Å². The van der Waals surface area contributed by atoms with Gasteiger partial charge in [-0.05, 0) is 25.7 Å². The third kappa shape index (κ3) is 2.71. The van der Waals surface area contributed by atoms with E-state index in [1.165, 1.54) is 6.42 Å².